The van der Waals surface area contributed by atoms with E-state index in [-0.39, 0.29) is 23.1 Å². The molecule has 0 aliphatic carbocycles. The van der Waals surface area contributed by atoms with Gasteiger partial charge >= 0.3 is 5.97 Å². The number of carbonyl (C=O) groups is 2. The monoisotopic (exact) mass is 443 g/mol. The van der Waals surface area contributed by atoms with Crippen LogP contribution in [0, 0.1) is 6.92 Å². The highest BCUT2D eigenvalue weighted by atomic mass is 35.5. The molecule has 8 heteroatoms. The molecule has 0 fully saturated rings. The van der Waals surface area contributed by atoms with E-state index in [0.717, 1.165) is 5.56 Å². The zero-order valence-electron chi connectivity index (χ0n) is 15.8. The summed E-state index contributed by atoms with van der Waals surface area (Å²) in [7, 11) is 0. The van der Waals surface area contributed by atoms with Crippen LogP contribution in [-0.2, 0) is 11.2 Å². The highest BCUT2D eigenvalue weighted by Crippen LogP contribution is 2.39. The molecular formula is C22H15Cl2NO5. The minimum Gasteiger partial charge on any atom is -0.452 e. The Hall–Kier alpha value is -3.09. The van der Waals surface area contributed by atoms with Gasteiger partial charge in [-0.3, -0.25) is 9.59 Å². The van der Waals surface area contributed by atoms with Crippen molar-refractivity contribution in [1.29, 1.82) is 0 Å². The van der Waals surface area contributed by atoms with Crippen molar-refractivity contribution in [2.45, 2.75) is 19.8 Å². The summed E-state index contributed by atoms with van der Waals surface area (Å²) in [6.45, 7) is 1.73. The predicted molar refractivity (Wildman–Crippen MR) is 111 cm³/mol. The van der Waals surface area contributed by atoms with Gasteiger partial charge in [0.15, 0.2) is 10.9 Å². The van der Waals surface area contributed by atoms with Gasteiger partial charge in [0.05, 0.1) is 12.0 Å². The Kier molecular flexibility index (Phi) is 5.61. The maximum atomic E-state index is 12.7. The molecule has 2 aromatic carbocycles. The lowest BCUT2D eigenvalue weighted by atomic mass is 10.1. The summed E-state index contributed by atoms with van der Waals surface area (Å²) in [6.07, 6.45) is 2.04. The first-order valence-corrected chi connectivity index (χ1v) is 9.81. The average Bonchev–Trinajstić information content (AvgIpc) is 3.28. The third-order valence-electron chi connectivity index (χ3n) is 4.53. The lowest BCUT2D eigenvalue weighted by Crippen LogP contribution is -2.10. The van der Waals surface area contributed by atoms with E-state index in [0.29, 0.717) is 39.8 Å². The SMILES string of the molecule is Cc1c(OC(=O)CCc2cc(Cl)no2)ccc2c1O/C(=C\c1ccc(Cl)cc1)C2=O. The zero-order chi connectivity index (χ0) is 21.3. The molecule has 30 heavy (non-hydrogen) atoms. The number of halogens is 2. The van der Waals surface area contributed by atoms with Crippen molar-refractivity contribution < 1.29 is 23.6 Å². The second-order valence-corrected chi connectivity index (χ2v) is 7.47. The number of hydrogen-bond donors (Lipinski definition) is 0. The van der Waals surface area contributed by atoms with Gasteiger partial charge in [0.25, 0.3) is 0 Å². The van der Waals surface area contributed by atoms with Gasteiger partial charge in [0, 0.05) is 23.1 Å². The van der Waals surface area contributed by atoms with Crippen molar-refractivity contribution in [2.75, 3.05) is 0 Å². The second-order valence-electron chi connectivity index (χ2n) is 6.65. The smallest absolute Gasteiger partial charge is 0.311 e. The predicted octanol–water partition coefficient (Wildman–Crippen LogP) is 5.44. The first-order valence-electron chi connectivity index (χ1n) is 9.06. The Morgan fingerprint density at radius 1 is 1.17 bits per heavy atom. The number of ether oxygens (including phenoxy) is 2. The fourth-order valence-electron chi connectivity index (χ4n) is 2.99. The van der Waals surface area contributed by atoms with E-state index in [1.54, 1.807) is 55.5 Å². The van der Waals surface area contributed by atoms with Crippen molar-refractivity contribution in [3.63, 3.8) is 0 Å². The molecular weight excluding hydrogens is 429 g/mol. The molecule has 0 spiro atoms. The molecule has 6 nitrogen and oxygen atoms in total. The van der Waals surface area contributed by atoms with Gasteiger partial charge in [0.2, 0.25) is 5.78 Å². The lowest BCUT2D eigenvalue weighted by molar-refractivity contribution is -0.134. The molecule has 1 aliphatic rings. The van der Waals surface area contributed by atoms with Crippen molar-refractivity contribution >= 4 is 41.0 Å². The lowest BCUT2D eigenvalue weighted by Gasteiger charge is -2.09. The van der Waals surface area contributed by atoms with E-state index in [1.807, 2.05) is 0 Å². The number of ketones is 1. The van der Waals surface area contributed by atoms with Gasteiger partial charge in [-0.25, -0.2) is 0 Å². The summed E-state index contributed by atoms with van der Waals surface area (Å²) in [5.41, 5.74) is 1.77. The van der Waals surface area contributed by atoms with Crippen LogP contribution >= 0.6 is 23.2 Å². The summed E-state index contributed by atoms with van der Waals surface area (Å²) < 4.78 is 16.2. The van der Waals surface area contributed by atoms with Gasteiger partial charge in [-0.1, -0.05) is 40.5 Å². The van der Waals surface area contributed by atoms with E-state index in [1.165, 1.54) is 0 Å². The second kappa shape index (κ2) is 8.34. The van der Waals surface area contributed by atoms with Crippen molar-refractivity contribution in [1.82, 2.24) is 5.16 Å². The van der Waals surface area contributed by atoms with Gasteiger partial charge in [0.1, 0.15) is 17.3 Å². The average molecular weight is 444 g/mol. The first kappa shape index (κ1) is 20.2. The fourth-order valence-corrected chi connectivity index (χ4v) is 3.28. The Morgan fingerprint density at radius 2 is 1.93 bits per heavy atom. The van der Waals surface area contributed by atoms with Crippen LogP contribution in [0.3, 0.4) is 0 Å². The molecule has 4 rings (SSSR count). The number of carbonyl (C=O) groups excluding carboxylic acids is 2. The molecule has 0 radical (unpaired) electrons. The van der Waals surface area contributed by atoms with Gasteiger partial charge < -0.3 is 14.0 Å². The quantitative estimate of drug-likeness (QED) is 0.296. The number of nitrogens with zero attached hydrogens (tertiary/aromatic N) is 1. The van der Waals surface area contributed by atoms with Crippen LogP contribution in [0.1, 0.15) is 33.7 Å². The summed E-state index contributed by atoms with van der Waals surface area (Å²) in [6, 6.07) is 11.8. The summed E-state index contributed by atoms with van der Waals surface area (Å²) in [4.78, 5) is 24.9. The maximum absolute atomic E-state index is 12.7. The topological polar surface area (TPSA) is 78.6 Å². The maximum Gasteiger partial charge on any atom is 0.311 e. The highest BCUT2D eigenvalue weighted by Gasteiger charge is 2.30. The molecule has 0 saturated heterocycles. The molecule has 152 valence electrons. The number of allylic oxidation sites excluding steroid dienone is 1. The minimum absolute atomic E-state index is 0.0869. The Bertz CT molecular complexity index is 1160. The largest absolute Gasteiger partial charge is 0.452 e. The molecule has 2 heterocycles. The molecule has 1 aromatic heterocycles. The molecule has 0 saturated carbocycles. The molecule has 0 atom stereocenters. The van der Waals surface area contributed by atoms with Gasteiger partial charge in [-0.05, 0) is 42.8 Å². The van der Waals surface area contributed by atoms with E-state index < -0.39 is 5.97 Å². The number of aromatic nitrogens is 1. The van der Waals surface area contributed by atoms with E-state index in [9.17, 15) is 9.59 Å². The van der Waals surface area contributed by atoms with Crippen LogP contribution < -0.4 is 9.47 Å². The third kappa shape index (κ3) is 4.25. The summed E-state index contributed by atoms with van der Waals surface area (Å²) in [5.74, 6) is 0.715. The standard InChI is InChI=1S/C22H15Cl2NO5/c1-12-17(28-20(26)9-6-15-11-19(24)25-30-15)8-7-16-21(27)18(29-22(12)16)10-13-2-4-14(23)5-3-13/h2-5,7-8,10-11H,6,9H2,1H3/b18-10-. The first-order chi connectivity index (χ1) is 14.4. The number of fused-ring (bicyclic) bond motifs is 1. The number of rotatable bonds is 5. The molecule has 3 aromatic rings. The Balaban J connectivity index is 1.48. The van der Waals surface area contributed by atoms with Crippen molar-refractivity contribution in [3.05, 3.63) is 80.9 Å². The number of benzene rings is 2. The van der Waals surface area contributed by atoms with Crippen molar-refractivity contribution in [3.8, 4) is 11.5 Å². The van der Waals surface area contributed by atoms with Crippen LogP contribution in [0.25, 0.3) is 6.08 Å². The molecule has 0 amide bonds. The molecule has 0 unspecified atom stereocenters. The molecule has 0 bridgehead atoms. The number of aryl methyl sites for hydroxylation is 1. The normalized spacial score (nSPS) is 14.0. The highest BCUT2D eigenvalue weighted by molar-refractivity contribution is 6.30. The zero-order valence-corrected chi connectivity index (χ0v) is 17.3. The molecule has 0 N–H and O–H groups in total. The number of Topliss-reactive ketones (excluding diaryl/α,β-unsaturated/α-hetero) is 1. The minimum atomic E-state index is -0.452. The summed E-state index contributed by atoms with van der Waals surface area (Å²) in [5, 5.41) is 4.40. The van der Waals surface area contributed by atoms with Crippen LogP contribution in [0.15, 0.2) is 52.7 Å². The fraction of sp³-hybridized carbons (Fsp3) is 0.136. The number of esters is 1. The Labute approximate surface area is 182 Å². The molecule has 1 aliphatic heterocycles. The van der Waals surface area contributed by atoms with Crippen LogP contribution in [0.2, 0.25) is 10.2 Å². The Morgan fingerprint density at radius 3 is 2.63 bits per heavy atom. The third-order valence-corrected chi connectivity index (χ3v) is 4.96. The van der Waals surface area contributed by atoms with E-state index >= 15 is 0 Å². The van der Waals surface area contributed by atoms with E-state index in [2.05, 4.69) is 5.16 Å². The van der Waals surface area contributed by atoms with Gasteiger partial charge in [-0.2, -0.15) is 0 Å². The van der Waals surface area contributed by atoms with Crippen LogP contribution in [-0.4, -0.2) is 16.9 Å². The van der Waals surface area contributed by atoms with E-state index in [4.69, 9.17) is 37.2 Å². The van der Waals surface area contributed by atoms with Crippen LogP contribution in [0.4, 0.5) is 0 Å². The number of hydrogen-bond acceptors (Lipinski definition) is 6. The van der Waals surface area contributed by atoms with Crippen LogP contribution in [0.5, 0.6) is 11.5 Å². The van der Waals surface area contributed by atoms with Crippen molar-refractivity contribution in [2.24, 2.45) is 0 Å². The van der Waals surface area contributed by atoms with Gasteiger partial charge in [-0.15, -0.1) is 0 Å². The summed E-state index contributed by atoms with van der Waals surface area (Å²) >= 11 is 11.6.